The van der Waals surface area contributed by atoms with Crippen molar-refractivity contribution in [2.75, 3.05) is 0 Å². The van der Waals surface area contributed by atoms with Gasteiger partial charge in [0.05, 0.1) is 5.71 Å². The van der Waals surface area contributed by atoms with Crippen molar-refractivity contribution < 1.29 is 5.21 Å². The lowest BCUT2D eigenvalue weighted by Gasteiger charge is -2.14. The molecular weight excluding hydrogens is 150 g/mol. The zero-order valence-corrected chi connectivity index (χ0v) is 8.51. The molecule has 12 heavy (non-hydrogen) atoms. The van der Waals surface area contributed by atoms with Crippen LogP contribution in [0.5, 0.6) is 0 Å². The third-order valence-corrected chi connectivity index (χ3v) is 2.36. The van der Waals surface area contributed by atoms with Gasteiger partial charge in [0.25, 0.3) is 0 Å². The van der Waals surface area contributed by atoms with Crippen molar-refractivity contribution in [3.8, 4) is 0 Å². The van der Waals surface area contributed by atoms with Crippen molar-refractivity contribution in [1.82, 2.24) is 0 Å². The summed E-state index contributed by atoms with van der Waals surface area (Å²) in [5, 5.41) is 12.1. The largest absolute Gasteiger partial charge is 0.411 e. The molecule has 2 nitrogen and oxygen atoms in total. The second-order valence-electron chi connectivity index (χ2n) is 3.19. The SMILES string of the molecule is CCCCC(CC)C(CC)=NO. The Balaban J connectivity index is 3.94. The van der Waals surface area contributed by atoms with Crippen molar-refractivity contribution in [2.24, 2.45) is 11.1 Å². The summed E-state index contributed by atoms with van der Waals surface area (Å²) < 4.78 is 0. The topological polar surface area (TPSA) is 32.6 Å². The molecule has 0 aliphatic heterocycles. The minimum atomic E-state index is 0.500. The van der Waals surface area contributed by atoms with Crippen LogP contribution in [0.15, 0.2) is 5.16 Å². The van der Waals surface area contributed by atoms with Crippen molar-refractivity contribution >= 4 is 5.71 Å². The van der Waals surface area contributed by atoms with Crippen molar-refractivity contribution in [2.45, 2.75) is 52.9 Å². The smallest absolute Gasteiger partial charge is 0.0598 e. The minimum Gasteiger partial charge on any atom is -0.411 e. The molecule has 72 valence electrons. The van der Waals surface area contributed by atoms with E-state index >= 15 is 0 Å². The lowest BCUT2D eigenvalue weighted by Crippen LogP contribution is -2.12. The molecule has 0 fully saturated rings. The molecule has 0 saturated heterocycles. The van der Waals surface area contributed by atoms with E-state index in [0.717, 1.165) is 18.6 Å². The fourth-order valence-corrected chi connectivity index (χ4v) is 1.50. The second kappa shape index (κ2) is 7.14. The van der Waals surface area contributed by atoms with Gasteiger partial charge in [-0.15, -0.1) is 0 Å². The summed E-state index contributed by atoms with van der Waals surface area (Å²) in [5.41, 5.74) is 0.964. The van der Waals surface area contributed by atoms with Gasteiger partial charge in [0.1, 0.15) is 0 Å². The molecule has 0 aromatic heterocycles. The predicted octanol–water partition coefficient (Wildman–Crippen LogP) is 3.44. The van der Waals surface area contributed by atoms with Gasteiger partial charge in [-0.25, -0.2) is 0 Å². The lowest BCUT2D eigenvalue weighted by molar-refractivity contribution is 0.311. The van der Waals surface area contributed by atoms with E-state index in [9.17, 15) is 0 Å². The maximum atomic E-state index is 8.71. The molecule has 1 unspecified atom stereocenters. The molecule has 0 radical (unpaired) electrons. The number of hydrogen-bond acceptors (Lipinski definition) is 2. The van der Waals surface area contributed by atoms with Gasteiger partial charge in [0, 0.05) is 5.92 Å². The maximum Gasteiger partial charge on any atom is 0.0598 e. The first-order chi connectivity index (χ1) is 5.79. The molecule has 1 atom stereocenters. The quantitative estimate of drug-likeness (QED) is 0.370. The zero-order chi connectivity index (χ0) is 9.40. The summed E-state index contributed by atoms with van der Waals surface area (Å²) in [7, 11) is 0. The highest BCUT2D eigenvalue weighted by Gasteiger charge is 2.11. The summed E-state index contributed by atoms with van der Waals surface area (Å²) in [6, 6.07) is 0. The minimum absolute atomic E-state index is 0.500. The molecule has 0 aliphatic carbocycles. The van der Waals surface area contributed by atoms with Crippen LogP contribution in [0.25, 0.3) is 0 Å². The average molecular weight is 171 g/mol. The molecule has 1 N–H and O–H groups in total. The molecule has 0 heterocycles. The van der Waals surface area contributed by atoms with E-state index in [0.29, 0.717) is 5.92 Å². The maximum absolute atomic E-state index is 8.71. The van der Waals surface area contributed by atoms with Crippen LogP contribution in [-0.2, 0) is 0 Å². The van der Waals surface area contributed by atoms with Crippen molar-refractivity contribution in [3.05, 3.63) is 0 Å². The van der Waals surface area contributed by atoms with Gasteiger partial charge in [-0.2, -0.15) is 0 Å². The molecular formula is C10H21NO. The molecule has 0 amide bonds. The van der Waals surface area contributed by atoms with E-state index in [4.69, 9.17) is 5.21 Å². The Bertz CT molecular complexity index is 132. The van der Waals surface area contributed by atoms with E-state index in [-0.39, 0.29) is 0 Å². The van der Waals surface area contributed by atoms with Crippen LogP contribution in [0.3, 0.4) is 0 Å². The first-order valence-corrected chi connectivity index (χ1v) is 5.00. The van der Waals surface area contributed by atoms with E-state index in [1.54, 1.807) is 0 Å². The van der Waals surface area contributed by atoms with Gasteiger partial charge in [-0.1, -0.05) is 38.8 Å². The molecule has 0 saturated carbocycles. The van der Waals surface area contributed by atoms with Crippen LogP contribution >= 0.6 is 0 Å². The highest BCUT2D eigenvalue weighted by molar-refractivity contribution is 5.85. The Morgan fingerprint density at radius 1 is 1.33 bits per heavy atom. The Morgan fingerprint density at radius 3 is 2.33 bits per heavy atom. The average Bonchev–Trinajstić information content (AvgIpc) is 2.12. The highest BCUT2D eigenvalue weighted by atomic mass is 16.4. The Hall–Kier alpha value is -0.530. The number of rotatable bonds is 6. The van der Waals surface area contributed by atoms with E-state index in [2.05, 4.69) is 19.0 Å². The number of oxime groups is 1. The summed E-state index contributed by atoms with van der Waals surface area (Å²) in [6.45, 7) is 6.39. The molecule has 0 aliphatic rings. The van der Waals surface area contributed by atoms with Gasteiger partial charge in [0.15, 0.2) is 0 Å². The number of unbranched alkanes of at least 4 members (excludes halogenated alkanes) is 1. The van der Waals surface area contributed by atoms with Gasteiger partial charge in [0.2, 0.25) is 0 Å². The summed E-state index contributed by atoms with van der Waals surface area (Å²) in [6.07, 6.45) is 5.59. The summed E-state index contributed by atoms with van der Waals surface area (Å²) in [4.78, 5) is 0. The molecule has 0 aromatic rings. The first kappa shape index (κ1) is 11.5. The van der Waals surface area contributed by atoms with E-state index in [1.165, 1.54) is 19.3 Å². The molecule has 0 spiro atoms. The van der Waals surface area contributed by atoms with Crippen molar-refractivity contribution in [3.63, 3.8) is 0 Å². The second-order valence-corrected chi connectivity index (χ2v) is 3.19. The van der Waals surface area contributed by atoms with Gasteiger partial charge in [-0.3, -0.25) is 0 Å². The Morgan fingerprint density at radius 2 is 2.00 bits per heavy atom. The summed E-state index contributed by atoms with van der Waals surface area (Å²) >= 11 is 0. The van der Waals surface area contributed by atoms with Crippen LogP contribution < -0.4 is 0 Å². The molecule has 0 bridgehead atoms. The highest BCUT2D eigenvalue weighted by Crippen LogP contribution is 2.16. The van der Waals surface area contributed by atoms with Crippen LogP contribution in [-0.4, -0.2) is 10.9 Å². The van der Waals surface area contributed by atoms with Gasteiger partial charge >= 0.3 is 0 Å². The third kappa shape index (κ3) is 3.74. The Kier molecular flexibility index (Phi) is 6.82. The standard InChI is InChI=1S/C10H21NO/c1-4-7-8-9(5-2)10(6-3)11-12/h9,12H,4-8H2,1-3H3. The fourth-order valence-electron chi connectivity index (χ4n) is 1.50. The normalized spacial score (nSPS) is 14.8. The molecule has 0 rings (SSSR count). The first-order valence-electron chi connectivity index (χ1n) is 5.00. The van der Waals surface area contributed by atoms with Crippen LogP contribution in [0.2, 0.25) is 0 Å². The molecule has 0 aromatic carbocycles. The lowest BCUT2D eigenvalue weighted by atomic mass is 9.93. The fraction of sp³-hybridized carbons (Fsp3) is 0.900. The van der Waals surface area contributed by atoms with Gasteiger partial charge in [-0.05, 0) is 19.3 Å². The van der Waals surface area contributed by atoms with E-state index in [1.807, 2.05) is 6.92 Å². The number of nitrogens with zero attached hydrogens (tertiary/aromatic N) is 1. The molecule has 2 heteroatoms. The third-order valence-electron chi connectivity index (χ3n) is 2.36. The van der Waals surface area contributed by atoms with E-state index < -0.39 is 0 Å². The van der Waals surface area contributed by atoms with Crippen LogP contribution in [0.4, 0.5) is 0 Å². The monoisotopic (exact) mass is 171 g/mol. The number of hydrogen-bond donors (Lipinski definition) is 1. The van der Waals surface area contributed by atoms with Crippen molar-refractivity contribution in [1.29, 1.82) is 0 Å². The zero-order valence-electron chi connectivity index (χ0n) is 8.51. The Labute approximate surface area is 75.7 Å². The van der Waals surface area contributed by atoms with Crippen LogP contribution in [0, 0.1) is 5.92 Å². The summed E-state index contributed by atoms with van der Waals surface area (Å²) in [5.74, 6) is 0.500. The van der Waals surface area contributed by atoms with Crippen LogP contribution in [0.1, 0.15) is 52.9 Å². The van der Waals surface area contributed by atoms with Gasteiger partial charge < -0.3 is 5.21 Å². The predicted molar refractivity (Wildman–Crippen MR) is 52.8 cm³/mol.